The predicted molar refractivity (Wildman–Crippen MR) is 69.5 cm³/mol. The summed E-state index contributed by atoms with van der Waals surface area (Å²) in [4.78, 5) is 4.45. The average Bonchev–Trinajstić information content (AvgIpc) is 2.73. The first-order valence-electron chi connectivity index (χ1n) is 6.25. The Morgan fingerprint density at radius 3 is 2.83 bits per heavy atom. The number of nitrogens with one attached hydrogen (secondary N) is 1. The van der Waals surface area contributed by atoms with Crippen molar-refractivity contribution in [3.8, 4) is 0 Å². The van der Waals surface area contributed by atoms with Crippen LogP contribution in [0.1, 0.15) is 26.0 Å². The molecule has 2 atom stereocenters. The second-order valence-electron chi connectivity index (χ2n) is 5.64. The monoisotopic (exact) mass is 246 g/mol. The van der Waals surface area contributed by atoms with Crippen LogP contribution in [0.3, 0.4) is 0 Å². The number of rotatable bonds is 2. The van der Waals surface area contributed by atoms with Gasteiger partial charge < -0.3 is 10.4 Å². The molecule has 2 aromatic heterocycles. The molecule has 0 bridgehead atoms. The van der Waals surface area contributed by atoms with E-state index in [0.29, 0.717) is 5.95 Å². The minimum absolute atomic E-state index is 0.119. The van der Waals surface area contributed by atoms with E-state index in [4.69, 9.17) is 0 Å². The van der Waals surface area contributed by atoms with Gasteiger partial charge >= 0.3 is 0 Å². The fourth-order valence-corrected chi connectivity index (χ4v) is 2.40. The molecule has 3 rings (SSSR count). The van der Waals surface area contributed by atoms with Crippen molar-refractivity contribution in [2.45, 2.75) is 39.3 Å². The summed E-state index contributed by atoms with van der Waals surface area (Å²) < 4.78 is 1.82. The van der Waals surface area contributed by atoms with Crippen LogP contribution in [0.25, 0.3) is 5.65 Å². The molecule has 0 amide bonds. The Labute approximate surface area is 106 Å². The molecule has 0 spiro atoms. The molecule has 0 radical (unpaired) electrons. The molecule has 18 heavy (non-hydrogen) atoms. The first kappa shape index (κ1) is 11.5. The van der Waals surface area contributed by atoms with Crippen molar-refractivity contribution in [3.05, 3.63) is 23.9 Å². The summed E-state index contributed by atoms with van der Waals surface area (Å²) >= 11 is 0. The van der Waals surface area contributed by atoms with Gasteiger partial charge in [-0.25, -0.2) is 4.52 Å². The van der Waals surface area contributed by atoms with Crippen LogP contribution >= 0.6 is 0 Å². The Kier molecular flexibility index (Phi) is 2.35. The number of anilines is 1. The molecule has 2 N–H and O–H groups in total. The van der Waals surface area contributed by atoms with Crippen LogP contribution in [-0.4, -0.2) is 31.9 Å². The zero-order valence-electron chi connectivity index (χ0n) is 10.9. The standard InChI is InChI=1S/C13H18N4O/c1-8-5-4-6-11-15-12(16-17(8)11)14-9-7-10(18)13(9,2)3/h4-6,9-10,18H,7H2,1-3H3,(H,14,16). The second-order valence-corrected chi connectivity index (χ2v) is 5.64. The maximum Gasteiger partial charge on any atom is 0.243 e. The average molecular weight is 246 g/mol. The highest BCUT2D eigenvalue weighted by Crippen LogP contribution is 2.41. The normalized spacial score (nSPS) is 26.0. The number of fused-ring (bicyclic) bond motifs is 1. The lowest BCUT2D eigenvalue weighted by Crippen LogP contribution is -2.57. The van der Waals surface area contributed by atoms with E-state index in [9.17, 15) is 5.11 Å². The molecule has 0 saturated heterocycles. The third-order valence-electron chi connectivity index (χ3n) is 4.07. The maximum absolute atomic E-state index is 9.72. The van der Waals surface area contributed by atoms with Crippen LogP contribution in [-0.2, 0) is 0 Å². The van der Waals surface area contributed by atoms with E-state index < -0.39 is 0 Å². The van der Waals surface area contributed by atoms with Gasteiger partial charge in [-0.3, -0.25) is 0 Å². The summed E-state index contributed by atoms with van der Waals surface area (Å²) in [5.41, 5.74) is 1.78. The van der Waals surface area contributed by atoms with Crippen LogP contribution in [0.4, 0.5) is 5.95 Å². The highest BCUT2D eigenvalue weighted by molar-refractivity contribution is 5.45. The first-order chi connectivity index (χ1) is 8.48. The van der Waals surface area contributed by atoms with Crippen LogP contribution < -0.4 is 5.32 Å². The van der Waals surface area contributed by atoms with Crippen molar-refractivity contribution >= 4 is 11.6 Å². The fraction of sp³-hybridized carbons (Fsp3) is 0.538. The summed E-state index contributed by atoms with van der Waals surface area (Å²) in [5, 5.41) is 17.5. The van der Waals surface area contributed by atoms with Gasteiger partial charge in [0.2, 0.25) is 5.95 Å². The van der Waals surface area contributed by atoms with Crippen LogP contribution in [0.2, 0.25) is 0 Å². The minimum atomic E-state index is -0.242. The Morgan fingerprint density at radius 1 is 1.44 bits per heavy atom. The molecule has 2 heterocycles. The highest BCUT2D eigenvalue weighted by atomic mass is 16.3. The SMILES string of the molecule is Cc1cccc2nc(NC3CC(O)C3(C)C)nn12. The van der Waals surface area contributed by atoms with Crippen molar-refractivity contribution < 1.29 is 5.11 Å². The van der Waals surface area contributed by atoms with Crippen LogP contribution in [0.15, 0.2) is 18.2 Å². The van der Waals surface area contributed by atoms with Gasteiger partial charge in [0.15, 0.2) is 5.65 Å². The van der Waals surface area contributed by atoms with Crippen LogP contribution in [0.5, 0.6) is 0 Å². The third-order valence-corrected chi connectivity index (χ3v) is 4.07. The molecular weight excluding hydrogens is 228 g/mol. The Balaban J connectivity index is 1.86. The maximum atomic E-state index is 9.72. The van der Waals surface area contributed by atoms with Crippen molar-refractivity contribution in [2.75, 3.05) is 5.32 Å². The topological polar surface area (TPSA) is 62.5 Å². The molecule has 0 aliphatic heterocycles. The molecule has 5 nitrogen and oxygen atoms in total. The molecule has 1 aliphatic carbocycles. The van der Waals surface area contributed by atoms with E-state index in [2.05, 4.69) is 29.2 Å². The number of hydrogen-bond donors (Lipinski definition) is 2. The smallest absolute Gasteiger partial charge is 0.243 e. The summed E-state index contributed by atoms with van der Waals surface area (Å²) in [6, 6.07) is 6.14. The zero-order valence-corrected chi connectivity index (χ0v) is 10.9. The molecule has 2 unspecified atom stereocenters. The predicted octanol–water partition coefficient (Wildman–Crippen LogP) is 1.61. The second kappa shape index (κ2) is 3.68. The van der Waals surface area contributed by atoms with Gasteiger partial charge in [0.1, 0.15) is 0 Å². The molecular formula is C13H18N4O. The van der Waals surface area contributed by atoms with Gasteiger partial charge in [-0.05, 0) is 25.5 Å². The van der Waals surface area contributed by atoms with Crippen molar-refractivity contribution in [2.24, 2.45) is 5.41 Å². The quantitative estimate of drug-likeness (QED) is 0.845. The fourth-order valence-electron chi connectivity index (χ4n) is 2.40. The van der Waals surface area contributed by atoms with E-state index >= 15 is 0 Å². The van der Waals surface area contributed by atoms with Gasteiger partial charge in [0, 0.05) is 17.2 Å². The number of pyridine rings is 1. The molecule has 2 aromatic rings. The van der Waals surface area contributed by atoms with E-state index in [1.807, 2.05) is 29.6 Å². The van der Waals surface area contributed by atoms with Gasteiger partial charge in [-0.15, -0.1) is 5.10 Å². The number of aromatic nitrogens is 3. The first-order valence-corrected chi connectivity index (χ1v) is 6.25. The van der Waals surface area contributed by atoms with Gasteiger partial charge in [0.25, 0.3) is 0 Å². The molecule has 1 aliphatic rings. The minimum Gasteiger partial charge on any atom is -0.392 e. The van der Waals surface area contributed by atoms with Crippen LogP contribution in [0, 0.1) is 12.3 Å². The lowest BCUT2D eigenvalue weighted by Gasteiger charge is -2.49. The lowest BCUT2D eigenvalue weighted by atomic mass is 9.65. The largest absolute Gasteiger partial charge is 0.392 e. The van der Waals surface area contributed by atoms with E-state index in [1.165, 1.54) is 0 Å². The van der Waals surface area contributed by atoms with Gasteiger partial charge in [0.05, 0.1) is 6.10 Å². The Hall–Kier alpha value is -1.62. The highest BCUT2D eigenvalue weighted by Gasteiger charge is 2.47. The number of aliphatic hydroxyl groups is 1. The Bertz CT molecular complexity index is 590. The summed E-state index contributed by atoms with van der Waals surface area (Å²) in [6.45, 7) is 6.11. The number of hydrogen-bond acceptors (Lipinski definition) is 4. The molecule has 1 saturated carbocycles. The summed E-state index contributed by atoms with van der Waals surface area (Å²) in [7, 11) is 0. The summed E-state index contributed by atoms with van der Waals surface area (Å²) in [5.74, 6) is 0.634. The molecule has 0 aromatic carbocycles. The van der Waals surface area contributed by atoms with E-state index in [0.717, 1.165) is 17.8 Å². The van der Waals surface area contributed by atoms with Gasteiger partial charge in [-0.1, -0.05) is 19.9 Å². The van der Waals surface area contributed by atoms with Crippen molar-refractivity contribution in [3.63, 3.8) is 0 Å². The third kappa shape index (κ3) is 1.58. The van der Waals surface area contributed by atoms with Gasteiger partial charge in [-0.2, -0.15) is 4.98 Å². The summed E-state index contributed by atoms with van der Waals surface area (Å²) in [6.07, 6.45) is 0.510. The Morgan fingerprint density at radius 2 is 2.22 bits per heavy atom. The number of aliphatic hydroxyl groups excluding tert-OH is 1. The van der Waals surface area contributed by atoms with E-state index in [-0.39, 0.29) is 17.6 Å². The number of nitrogens with zero attached hydrogens (tertiary/aromatic N) is 3. The number of aryl methyl sites for hydroxylation is 1. The van der Waals surface area contributed by atoms with E-state index in [1.54, 1.807) is 0 Å². The van der Waals surface area contributed by atoms with Crippen molar-refractivity contribution in [1.82, 2.24) is 14.6 Å². The zero-order chi connectivity index (χ0) is 12.9. The molecule has 1 fully saturated rings. The van der Waals surface area contributed by atoms with Crippen molar-refractivity contribution in [1.29, 1.82) is 0 Å². The lowest BCUT2D eigenvalue weighted by molar-refractivity contribution is -0.0512. The molecule has 5 heteroatoms. The molecule has 96 valence electrons.